The van der Waals surface area contributed by atoms with Gasteiger partial charge in [0.2, 0.25) is 0 Å². The van der Waals surface area contributed by atoms with Crippen LogP contribution >= 0.6 is 34.5 Å². The second-order valence-corrected chi connectivity index (χ2v) is 6.17. The Kier molecular flexibility index (Phi) is 4.34. The molecule has 0 unspecified atom stereocenters. The number of rotatable bonds is 3. The summed E-state index contributed by atoms with van der Waals surface area (Å²) in [6.45, 7) is 2.41. The number of halogens is 2. The zero-order chi connectivity index (χ0) is 14.0. The van der Waals surface area contributed by atoms with Crippen LogP contribution in [0.1, 0.15) is 17.3 Å². The van der Waals surface area contributed by atoms with Crippen LogP contribution in [0.3, 0.4) is 0 Å². The van der Waals surface area contributed by atoms with Gasteiger partial charge in [-0.25, -0.2) is 0 Å². The maximum Gasteiger partial charge on any atom is 0.260 e. The number of nitrogens with two attached hydrogens (primary N) is 1. The molecule has 2 N–H and O–H groups in total. The van der Waals surface area contributed by atoms with Gasteiger partial charge < -0.3 is 10.6 Å². The molecule has 0 radical (unpaired) electrons. The van der Waals surface area contributed by atoms with Crippen LogP contribution in [-0.2, 0) is 0 Å². The zero-order valence-corrected chi connectivity index (χ0v) is 12.5. The molecule has 2 rings (SSSR count). The molecule has 0 bridgehead atoms. The van der Waals surface area contributed by atoms with Crippen LogP contribution in [0.4, 0.5) is 11.4 Å². The Balaban J connectivity index is 2.37. The minimum absolute atomic E-state index is 0.179. The average molecular weight is 315 g/mol. The molecule has 6 heteroatoms. The molecule has 1 amide bonds. The highest BCUT2D eigenvalue weighted by atomic mass is 35.5. The van der Waals surface area contributed by atoms with E-state index in [-0.39, 0.29) is 5.91 Å². The molecule has 2 aromatic rings. The van der Waals surface area contributed by atoms with Gasteiger partial charge in [0, 0.05) is 17.9 Å². The second kappa shape index (κ2) is 5.82. The van der Waals surface area contributed by atoms with E-state index in [4.69, 9.17) is 28.9 Å². The van der Waals surface area contributed by atoms with E-state index in [1.54, 1.807) is 23.1 Å². The van der Waals surface area contributed by atoms with Crippen LogP contribution in [0.5, 0.6) is 0 Å². The first-order valence-electron chi connectivity index (χ1n) is 5.65. The summed E-state index contributed by atoms with van der Waals surface area (Å²) in [6.07, 6.45) is 0. The molecule has 19 heavy (non-hydrogen) atoms. The highest BCUT2D eigenvalue weighted by Crippen LogP contribution is 2.33. The number of nitrogens with zero attached hydrogens (tertiary/aromatic N) is 1. The van der Waals surface area contributed by atoms with Crippen LogP contribution in [0, 0.1) is 0 Å². The minimum atomic E-state index is -0.179. The molecule has 0 aliphatic rings. The Morgan fingerprint density at radius 2 is 2.11 bits per heavy atom. The van der Waals surface area contributed by atoms with Crippen molar-refractivity contribution in [2.24, 2.45) is 0 Å². The number of hydrogen-bond acceptors (Lipinski definition) is 3. The van der Waals surface area contributed by atoms with Gasteiger partial charge in [0.05, 0.1) is 9.90 Å². The van der Waals surface area contributed by atoms with Crippen molar-refractivity contribution in [3.05, 3.63) is 44.6 Å². The predicted octanol–water partition coefficient (Wildman–Crippen LogP) is 4.30. The van der Waals surface area contributed by atoms with Gasteiger partial charge in [-0.1, -0.05) is 29.3 Å². The first-order valence-corrected chi connectivity index (χ1v) is 7.22. The number of carbonyl (C=O) groups excluding carboxylic acids is 1. The van der Waals surface area contributed by atoms with E-state index in [9.17, 15) is 4.79 Å². The number of benzene rings is 1. The predicted molar refractivity (Wildman–Crippen MR) is 82.5 cm³/mol. The Hall–Kier alpha value is -1.23. The van der Waals surface area contributed by atoms with E-state index in [1.165, 1.54) is 11.3 Å². The maximum absolute atomic E-state index is 12.5. The SMILES string of the molecule is CCN(C(=O)c1cc(Cl)sc1Cl)c1cccc(N)c1. The standard InChI is InChI=1S/C13H12Cl2N2OS/c1-2-17(9-5-3-4-8(16)6-9)13(18)10-7-11(14)19-12(10)15/h3-7H,2,16H2,1H3. The summed E-state index contributed by atoms with van der Waals surface area (Å²) in [5.41, 5.74) is 7.51. The number of nitrogen functional groups attached to an aromatic ring is 1. The highest BCUT2D eigenvalue weighted by molar-refractivity contribution is 7.20. The van der Waals surface area contributed by atoms with Gasteiger partial charge in [-0.3, -0.25) is 4.79 Å². The molecule has 0 saturated carbocycles. The summed E-state index contributed by atoms with van der Waals surface area (Å²) in [4.78, 5) is 14.1. The van der Waals surface area contributed by atoms with Crippen LogP contribution in [0.15, 0.2) is 30.3 Å². The lowest BCUT2D eigenvalue weighted by Gasteiger charge is -2.21. The second-order valence-electron chi connectivity index (χ2n) is 3.88. The summed E-state index contributed by atoms with van der Waals surface area (Å²) in [6, 6.07) is 8.76. The molecule has 100 valence electrons. The quantitative estimate of drug-likeness (QED) is 0.858. The van der Waals surface area contributed by atoms with E-state index < -0.39 is 0 Å². The van der Waals surface area contributed by atoms with E-state index in [0.717, 1.165) is 5.69 Å². The molecule has 0 saturated heterocycles. The van der Waals surface area contributed by atoms with Crippen LogP contribution in [0.25, 0.3) is 0 Å². The van der Waals surface area contributed by atoms with Gasteiger partial charge in [-0.15, -0.1) is 11.3 Å². The van der Waals surface area contributed by atoms with Crippen molar-refractivity contribution < 1.29 is 4.79 Å². The van der Waals surface area contributed by atoms with Gasteiger partial charge in [0.15, 0.2) is 0 Å². The number of hydrogen-bond donors (Lipinski definition) is 1. The number of amides is 1. The summed E-state index contributed by atoms with van der Waals surface area (Å²) in [5.74, 6) is -0.179. The third kappa shape index (κ3) is 3.03. The summed E-state index contributed by atoms with van der Waals surface area (Å²) >= 11 is 13.1. The molecule has 3 nitrogen and oxygen atoms in total. The minimum Gasteiger partial charge on any atom is -0.399 e. The number of thiophene rings is 1. The molecular weight excluding hydrogens is 303 g/mol. The summed E-state index contributed by atoms with van der Waals surface area (Å²) < 4.78 is 0.898. The van der Waals surface area contributed by atoms with Gasteiger partial charge in [0.25, 0.3) is 5.91 Å². The third-order valence-electron chi connectivity index (χ3n) is 2.63. The van der Waals surface area contributed by atoms with Gasteiger partial charge in [0.1, 0.15) is 4.34 Å². The first kappa shape index (κ1) is 14.2. The lowest BCUT2D eigenvalue weighted by atomic mass is 10.2. The van der Waals surface area contributed by atoms with Crippen molar-refractivity contribution in [1.29, 1.82) is 0 Å². The monoisotopic (exact) mass is 314 g/mol. The molecule has 0 aliphatic heterocycles. The molecule has 0 aliphatic carbocycles. The van der Waals surface area contributed by atoms with Crippen molar-refractivity contribution in [2.45, 2.75) is 6.92 Å². The number of carbonyl (C=O) groups is 1. The Morgan fingerprint density at radius 3 is 2.63 bits per heavy atom. The van der Waals surface area contributed by atoms with Crippen molar-refractivity contribution in [3.8, 4) is 0 Å². The molecule has 0 atom stereocenters. The van der Waals surface area contributed by atoms with Gasteiger partial charge >= 0.3 is 0 Å². The smallest absolute Gasteiger partial charge is 0.260 e. The van der Waals surface area contributed by atoms with Crippen molar-refractivity contribution in [1.82, 2.24) is 0 Å². The average Bonchev–Trinajstić information content (AvgIpc) is 2.69. The van der Waals surface area contributed by atoms with E-state index in [0.29, 0.717) is 26.5 Å². The summed E-state index contributed by atoms with van der Waals surface area (Å²) in [5, 5.41) is 0. The molecular formula is C13H12Cl2N2OS. The largest absolute Gasteiger partial charge is 0.399 e. The molecule has 1 heterocycles. The Bertz CT molecular complexity index is 612. The third-order valence-corrected chi connectivity index (χ3v) is 4.12. The van der Waals surface area contributed by atoms with E-state index in [1.807, 2.05) is 19.1 Å². The van der Waals surface area contributed by atoms with E-state index >= 15 is 0 Å². The molecule has 0 spiro atoms. The molecule has 1 aromatic heterocycles. The Labute approximate surface area is 125 Å². The van der Waals surface area contributed by atoms with Crippen molar-refractivity contribution >= 4 is 51.8 Å². The fourth-order valence-electron chi connectivity index (χ4n) is 1.77. The summed E-state index contributed by atoms with van der Waals surface area (Å²) in [7, 11) is 0. The van der Waals surface area contributed by atoms with Crippen molar-refractivity contribution in [2.75, 3.05) is 17.2 Å². The van der Waals surface area contributed by atoms with Crippen LogP contribution in [-0.4, -0.2) is 12.5 Å². The fraction of sp³-hybridized carbons (Fsp3) is 0.154. The van der Waals surface area contributed by atoms with Crippen molar-refractivity contribution in [3.63, 3.8) is 0 Å². The van der Waals surface area contributed by atoms with Crippen LogP contribution in [0.2, 0.25) is 8.67 Å². The van der Waals surface area contributed by atoms with Gasteiger partial charge in [-0.2, -0.15) is 0 Å². The van der Waals surface area contributed by atoms with Crippen LogP contribution < -0.4 is 10.6 Å². The number of anilines is 2. The van der Waals surface area contributed by atoms with Gasteiger partial charge in [-0.05, 0) is 31.2 Å². The topological polar surface area (TPSA) is 46.3 Å². The first-order chi connectivity index (χ1) is 9.02. The lowest BCUT2D eigenvalue weighted by molar-refractivity contribution is 0.0989. The normalized spacial score (nSPS) is 10.5. The maximum atomic E-state index is 12.5. The molecule has 1 aromatic carbocycles. The van der Waals surface area contributed by atoms with E-state index in [2.05, 4.69) is 0 Å². The zero-order valence-electron chi connectivity index (χ0n) is 10.2. The fourth-order valence-corrected chi connectivity index (χ4v) is 3.22. The highest BCUT2D eigenvalue weighted by Gasteiger charge is 2.21. The Morgan fingerprint density at radius 1 is 1.37 bits per heavy atom. The lowest BCUT2D eigenvalue weighted by Crippen LogP contribution is -2.30. The molecule has 0 fully saturated rings.